The number of H-pyrrole nitrogens is 1. The van der Waals surface area contributed by atoms with Crippen LogP contribution in [0.1, 0.15) is 0 Å². The molecule has 0 spiro atoms. The highest BCUT2D eigenvalue weighted by molar-refractivity contribution is 6.29. The summed E-state index contributed by atoms with van der Waals surface area (Å²) in [4.78, 5) is 18.5. The number of aromatic nitrogens is 3. The Labute approximate surface area is 118 Å². The molecule has 0 amide bonds. The Morgan fingerprint density at radius 3 is 2.65 bits per heavy atom. The molecule has 0 atom stereocenters. The van der Waals surface area contributed by atoms with Crippen molar-refractivity contribution in [2.45, 2.75) is 0 Å². The van der Waals surface area contributed by atoms with Crippen LogP contribution in [0.2, 0.25) is 5.15 Å². The molecule has 0 unspecified atom stereocenters. The topological polar surface area (TPSA) is 50.7 Å². The van der Waals surface area contributed by atoms with Gasteiger partial charge in [0.05, 0.1) is 11.4 Å². The van der Waals surface area contributed by atoms with Crippen LogP contribution in [0.3, 0.4) is 0 Å². The first-order valence-corrected chi connectivity index (χ1v) is 6.21. The van der Waals surface area contributed by atoms with Gasteiger partial charge in [-0.25, -0.2) is 14.2 Å². The summed E-state index contributed by atoms with van der Waals surface area (Å²) in [5.74, 6) is -0.356. The second-order valence-corrected chi connectivity index (χ2v) is 4.55. The number of halogens is 2. The number of hydrogen-bond acceptors (Lipinski definition) is 2. The van der Waals surface area contributed by atoms with Crippen molar-refractivity contribution in [2.75, 3.05) is 0 Å². The molecule has 1 N–H and O–H groups in total. The van der Waals surface area contributed by atoms with Crippen molar-refractivity contribution in [2.24, 2.45) is 0 Å². The van der Waals surface area contributed by atoms with Gasteiger partial charge in [0.1, 0.15) is 11.0 Å². The van der Waals surface area contributed by atoms with E-state index in [1.807, 2.05) is 0 Å². The second kappa shape index (κ2) is 4.94. The molecular weight excluding hydrogens is 281 g/mol. The molecule has 2 aromatic heterocycles. The van der Waals surface area contributed by atoms with Gasteiger partial charge in [0.25, 0.3) is 0 Å². The predicted molar refractivity (Wildman–Crippen MR) is 74.6 cm³/mol. The Hall–Kier alpha value is -2.40. The maximum absolute atomic E-state index is 13.0. The fraction of sp³-hybridized carbons (Fsp3) is 0. The van der Waals surface area contributed by atoms with Gasteiger partial charge in [0.15, 0.2) is 0 Å². The van der Waals surface area contributed by atoms with Gasteiger partial charge in [0, 0.05) is 18.0 Å². The van der Waals surface area contributed by atoms with E-state index in [-0.39, 0.29) is 11.5 Å². The molecule has 0 aliphatic rings. The molecule has 0 fully saturated rings. The highest BCUT2D eigenvalue weighted by Crippen LogP contribution is 2.22. The summed E-state index contributed by atoms with van der Waals surface area (Å²) in [6.07, 6.45) is 3.14. The average molecular weight is 290 g/mol. The summed E-state index contributed by atoms with van der Waals surface area (Å²) in [5, 5.41) is 0.335. The van der Waals surface area contributed by atoms with E-state index < -0.39 is 0 Å². The lowest BCUT2D eigenvalue weighted by molar-refractivity contribution is 0.627. The molecule has 0 aliphatic carbocycles. The lowest BCUT2D eigenvalue weighted by Crippen LogP contribution is -2.15. The van der Waals surface area contributed by atoms with E-state index in [0.717, 1.165) is 5.56 Å². The molecule has 0 saturated heterocycles. The second-order valence-electron chi connectivity index (χ2n) is 4.16. The number of pyridine rings is 1. The van der Waals surface area contributed by atoms with Crippen LogP contribution in [0.5, 0.6) is 0 Å². The maximum Gasteiger partial charge on any atom is 0.330 e. The van der Waals surface area contributed by atoms with E-state index in [2.05, 4.69) is 9.97 Å². The smallest absolute Gasteiger partial charge is 0.312 e. The fourth-order valence-electron chi connectivity index (χ4n) is 1.99. The number of rotatable bonds is 2. The van der Waals surface area contributed by atoms with Crippen molar-refractivity contribution in [1.82, 2.24) is 14.5 Å². The lowest BCUT2D eigenvalue weighted by Gasteiger charge is -2.07. The monoisotopic (exact) mass is 289 g/mol. The number of aromatic amines is 1. The summed E-state index contributed by atoms with van der Waals surface area (Å²) >= 11 is 5.86. The number of hydrogen-bond donors (Lipinski definition) is 1. The Morgan fingerprint density at radius 1 is 1.20 bits per heavy atom. The third kappa shape index (κ3) is 2.23. The van der Waals surface area contributed by atoms with Gasteiger partial charge in [-0.15, -0.1) is 0 Å². The molecule has 0 bridgehead atoms. The summed E-state index contributed by atoms with van der Waals surface area (Å²) < 4.78 is 14.4. The van der Waals surface area contributed by atoms with Crippen LogP contribution in [0, 0.1) is 5.82 Å². The lowest BCUT2D eigenvalue weighted by atomic mass is 10.2. The molecule has 6 heteroatoms. The van der Waals surface area contributed by atoms with Gasteiger partial charge >= 0.3 is 5.69 Å². The molecule has 0 radical (unpaired) electrons. The van der Waals surface area contributed by atoms with Crippen LogP contribution in [-0.4, -0.2) is 14.5 Å². The molecule has 3 rings (SSSR count). The molecule has 0 aliphatic heterocycles. The van der Waals surface area contributed by atoms with Gasteiger partial charge in [-0.1, -0.05) is 11.6 Å². The molecular formula is C14H9ClFN3O. The van der Waals surface area contributed by atoms with Gasteiger partial charge in [0.2, 0.25) is 0 Å². The first-order chi connectivity index (χ1) is 9.65. The molecule has 100 valence electrons. The van der Waals surface area contributed by atoms with E-state index >= 15 is 0 Å². The zero-order valence-electron chi connectivity index (χ0n) is 10.2. The predicted octanol–water partition coefficient (Wildman–Crippen LogP) is 3.02. The number of benzene rings is 1. The van der Waals surface area contributed by atoms with Crippen molar-refractivity contribution in [3.05, 3.63) is 70.2 Å². The van der Waals surface area contributed by atoms with Crippen LogP contribution >= 0.6 is 11.6 Å². The Kier molecular flexibility index (Phi) is 3.12. The summed E-state index contributed by atoms with van der Waals surface area (Å²) in [5.41, 5.74) is 1.64. The third-order valence-corrected chi connectivity index (χ3v) is 3.09. The van der Waals surface area contributed by atoms with Gasteiger partial charge in [-0.2, -0.15) is 0 Å². The maximum atomic E-state index is 13.0. The van der Waals surface area contributed by atoms with E-state index in [9.17, 15) is 9.18 Å². The first-order valence-electron chi connectivity index (χ1n) is 5.83. The highest BCUT2D eigenvalue weighted by atomic mass is 35.5. The third-order valence-electron chi connectivity index (χ3n) is 2.88. The number of nitrogens with one attached hydrogen (secondary N) is 1. The van der Waals surface area contributed by atoms with Crippen molar-refractivity contribution in [3.8, 4) is 16.9 Å². The summed E-state index contributed by atoms with van der Waals surface area (Å²) in [6.45, 7) is 0. The first kappa shape index (κ1) is 12.6. The minimum absolute atomic E-state index is 0.306. The zero-order valence-corrected chi connectivity index (χ0v) is 10.9. The normalized spacial score (nSPS) is 10.7. The van der Waals surface area contributed by atoms with Crippen LogP contribution in [0.25, 0.3) is 16.9 Å². The van der Waals surface area contributed by atoms with Crippen LogP contribution in [0.4, 0.5) is 4.39 Å². The minimum atomic E-state index is -0.356. The fourth-order valence-corrected chi connectivity index (χ4v) is 2.16. The van der Waals surface area contributed by atoms with Crippen LogP contribution in [-0.2, 0) is 0 Å². The average Bonchev–Trinajstić information content (AvgIpc) is 2.82. The van der Waals surface area contributed by atoms with E-state index in [1.54, 1.807) is 24.5 Å². The Bertz CT molecular complexity index is 808. The van der Waals surface area contributed by atoms with Crippen LogP contribution < -0.4 is 5.69 Å². The molecule has 3 aromatic rings. The van der Waals surface area contributed by atoms with Crippen molar-refractivity contribution in [1.29, 1.82) is 0 Å². The van der Waals surface area contributed by atoms with Gasteiger partial charge < -0.3 is 4.98 Å². The molecule has 1 aromatic carbocycles. The highest BCUT2D eigenvalue weighted by Gasteiger charge is 2.11. The van der Waals surface area contributed by atoms with Gasteiger partial charge in [-0.05, 0) is 36.4 Å². The largest absolute Gasteiger partial charge is 0.330 e. The molecule has 0 saturated carbocycles. The van der Waals surface area contributed by atoms with Crippen molar-refractivity contribution >= 4 is 11.6 Å². The van der Waals surface area contributed by atoms with Crippen molar-refractivity contribution < 1.29 is 4.39 Å². The number of nitrogens with zero attached hydrogens (tertiary/aromatic N) is 2. The molecule has 20 heavy (non-hydrogen) atoms. The SMILES string of the molecule is O=c1[nH]cc(-c2ccnc(Cl)c2)n1-c1ccc(F)cc1. The standard InChI is InChI=1S/C14H9ClFN3O/c15-13-7-9(5-6-17-13)12-8-18-14(20)19(12)11-3-1-10(16)2-4-11/h1-8H,(H,18,20). The molecule has 2 heterocycles. The van der Waals surface area contributed by atoms with E-state index in [4.69, 9.17) is 11.6 Å². The minimum Gasteiger partial charge on any atom is -0.312 e. The van der Waals surface area contributed by atoms with E-state index in [1.165, 1.54) is 28.8 Å². The summed E-state index contributed by atoms with van der Waals surface area (Å²) in [6, 6.07) is 9.09. The zero-order chi connectivity index (χ0) is 14.1. The Morgan fingerprint density at radius 2 is 1.95 bits per heavy atom. The quantitative estimate of drug-likeness (QED) is 0.737. The van der Waals surface area contributed by atoms with Crippen LogP contribution in [0.15, 0.2) is 53.6 Å². The van der Waals surface area contributed by atoms with E-state index in [0.29, 0.717) is 16.5 Å². The summed E-state index contributed by atoms with van der Waals surface area (Å²) in [7, 11) is 0. The molecule has 4 nitrogen and oxygen atoms in total. The number of imidazole rings is 1. The van der Waals surface area contributed by atoms with Gasteiger partial charge in [-0.3, -0.25) is 4.57 Å². The Balaban J connectivity index is 2.20. The van der Waals surface area contributed by atoms with Crippen molar-refractivity contribution in [3.63, 3.8) is 0 Å².